The first-order valence-corrected chi connectivity index (χ1v) is 9.48. The van der Waals surface area contributed by atoms with Crippen LogP contribution in [0.4, 0.5) is 0 Å². The number of hydrogen-bond donors (Lipinski definition) is 2. The van der Waals surface area contributed by atoms with E-state index >= 15 is 0 Å². The van der Waals surface area contributed by atoms with E-state index in [9.17, 15) is 10.2 Å². The summed E-state index contributed by atoms with van der Waals surface area (Å²) in [6.07, 6.45) is 5.50. The standard InChI is InChI=1S/C22H24N2O2/c1-16-11-13-17(14-12-16)15-23-20-10-6-5-9-19(20)21(25)24(22(23)26)18-7-3-2-4-8-18/h5-6,9-14,18H,2-4,7-8,15H2,1H3/p+2. The highest BCUT2D eigenvalue weighted by molar-refractivity contribution is 5.79. The maximum Gasteiger partial charge on any atom is 0.632 e. The Balaban J connectivity index is 1.88. The Morgan fingerprint density at radius 3 is 2.35 bits per heavy atom. The lowest BCUT2D eigenvalue weighted by Crippen LogP contribution is -2.51. The van der Waals surface area contributed by atoms with Crippen molar-refractivity contribution in [2.45, 2.75) is 51.6 Å². The van der Waals surface area contributed by atoms with Gasteiger partial charge in [-0.2, -0.15) is 0 Å². The Morgan fingerprint density at radius 2 is 1.62 bits per heavy atom. The molecule has 0 bridgehead atoms. The van der Waals surface area contributed by atoms with E-state index in [4.69, 9.17) is 0 Å². The first kappa shape index (κ1) is 16.8. The topological polar surface area (TPSA) is 48.2 Å². The molecule has 0 unspecified atom stereocenters. The largest absolute Gasteiger partial charge is 0.632 e. The molecule has 134 valence electrons. The summed E-state index contributed by atoms with van der Waals surface area (Å²) in [6, 6.07) is 16.4. The van der Waals surface area contributed by atoms with Crippen molar-refractivity contribution in [1.82, 2.24) is 0 Å². The van der Waals surface area contributed by atoms with Gasteiger partial charge >= 0.3 is 11.9 Å². The van der Waals surface area contributed by atoms with E-state index in [1.165, 1.54) is 12.0 Å². The summed E-state index contributed by atoms with van der Waals surface area (Å²) < 4.78 is 3.66. The van der Waals surface area contributed by atoms with Gasteiger partial charge in [-0.1, -0.05) is 57.5 Å². The number of hydrogen-bond acceptors (Lipinski definition) is 2. The number of para-hydroxylation sites is 1. The number of benzene rings is 2. The minimum atomic E-state index is 0.133. The van der Waals surface area contributed by atoms with Crippen LogP contribution in [-0.2, 0) is 6.54 Å². The number of aryl methyl sites for hydroxylation is 1. The molecule has 0 atom stereocenters. The van der Waals surface area contributed by atoms with E-state index in [1.807, 2.05) is 28.8 Å². The Labute approximate surface area is 154 Å². The van der Waals surface area contributed by atoms with Crippen molar-refractivity contribution in [3.05, 3.63) is 59.7 Å². The molecule has 26 heavy (non-hydrogen) atoms. The molecule has 1 fully saturated rings. The van der Waals surface area contributed by atoms with Crippen molar-refractivity contribution in [1.29, 1.82) is 0 Å². The molecule has 4 heteroatoms. The normalized spacial score (nSPS) is 15.4. The highest BCUT2D eigenvalue weighted by Gasteiger charge is 2.39. The van der Waals surface area contributed by atoms with Crippen molar-refractivity contribution >= 4 is 10.9 Å². The van der Waals surface area contributed by atoms with Crippen molar-refractivity contribution in [2.24, 2.45) is 0 Å². The van der Waals surface area contributed by atoms with Crippen LogP contribution >= 0.6 is 0 Å². The Bertz CT molecular complexity index is 929. The molecule has 2 aromatic carbocycles. The summed E-state index contributed by atoms with van der Waals surface area (Å²) in [6.45, 7) is 2.64. The lowest BCUT2D eigenvalue weighted by Gasteiger charge is -2.17. The summed E-state index contributed by atoms with van der Waals surface area (Å²) in [5.74, 6) is 0.171. The average Bonchev–Trinajstić information content (AvgIpc) is 2.68. The number of aromatic nitrogens is 2. The van der Waals surface area contributed by atoms with E-state index in [1.54, 1.807) is 4.57 Å². The van der Waals surface area contributed by atoms with Gasteiger partial charge in [-0.15, -0.1) is 0 Å². The molecule has 4 rings (SSSR count). The lowest BCUT2D eigenvalue weighted by molar-refractivity contribution is -0.832. The van der Waals surface area contributed by atoms with Crippen LogP contribution in [0.25, 0.3) is 10.9 Å². The lowest BCUT2D eigenvalue weighted by atomic mass is 9.95. The van der Waals surface area contributed by atoms with Crippen molar-refractivity contribution < 1.29 is 19.3 Å². The molecule has 0 amide bonds. The van der Waals surface area contributed by atoms with Crippen molar-refractivity contribution in [3.8, 4) is 11.9 Å². The first-order chi connectivity index (χ1) is 12.6. The zero-order chi connectivity index (χ0) is 18.1. The summed E-state index contributed by atoms with van der Waals surface area (Å²) in [5, 5.41) is 22.8. The average molecular weight is 350 g/mol. The second-order valence-electron chi connectivity index (χ2n) is 7.37. The number of rotatable bonds is 3. The third-order valence-corrected chi connectivity index (χ3v) is 5.52. The fourth-order valence-electron chi connectivity index (χ4n) is 4.07. The monoisotopic (exact) mass is 350 g/mol. The molecule has 2 N–H and O–H groups in total. The molecule has 0 aliphatic heterocycles. The second kappa shape index (κ2) is 6.94. The summed E-state index contributed by atoms with van der Waals surface area (Å²) in [4.78, 5) is 0. The van der Waals surface area contributed by atoms with Crippen LogP contribution in [0.3, 0.4) is 0 Å². The van der Waals surface area contributed by atoms with E-state index in [2.05, 4.69) is 31.2 Å². The molecule has 4 nitrogen and oxygen atoms in total. The third-order valence-electron chi connectivity index (χ3n) is 5.52. The minimum Gasteiger partial charge on any atom is -0.459 e. The maximum atomic E-state index is 11.1. The number of nitrogens with zero attached hydrogens (tertiary/aromatic N) is 2. The molecule has 1 aliphatic rings. The maximum absolute atomic E-state index is 11.1. The van der Waals surface area contributed by atoms with Crippen molar-refractivity contribution in [2.75, 3.05) is 0 Å². The minimum absolute atomic E-state index is 0.133. The zero-order valence-corrected chi connectivity index (χ0v) is 15.2. The van der Waals surface area contributed by atoms with Gasteiger partial charge in [-0.25, -0.2) is 0 Å². The molecular formula is C22H26N2O2+2. The molecule has 1 saturated carbocycles. The third kappa shape index (κ3) is 3.00. The van der Waals surface area contributed by atoms with Crippen LogP contribution in [-0.4, -0.2) is 10.2 Å². The fourth-order valence-corrected chi connectivity index (χ4v) is 4.07. The molecule has 0 saturated heterocycles. The molecule has 0 spiro atoms. The number of aromatic hydroxyl groups is 2. The van der Waals surface area contributed by atoms with Gasteiger partial charge < -0.3 is 10.2 Å². The smallest absolute Gasteiger partial charge is 0.459 e. The van der Waals surface area contributed by atoms with Gasteiger partial charge in [0, 0.05) is 24.5 Å². The molecule has 1 aromatic heterocycles. The molecule has 3 aromatic rings. The highest BCUT2D eigenvalue weighted by Crippen LogP contribution is 2.29. The van der Waals surface area contributed by atoms with Gasteiger partial charge in [0.2, 0.25) is 5.52 Å². The van der Waals surface area contributed by atoms with Gasteiger partial charge in [0.1, 0.15) is 0 Å². The molecule has 1 aliphatic carbocycles. The van der Waals surface area contributed by atoms with Crippen molar-refractivity contribution in [3.63, 3.8) is 0 Å². The van der Waals surface area contributed by atoms with E-state index in [-0.39, 0.29) is 17.9 Å². The Hall–Kier alpha value is -2.62. The predicted octanol–water partition coefficient (Wildman–Crippen LogP) is 3.69. The predicted molar refractivity (Wildman–Crippen MR) is 100 cm³/mol. The SMILES string of the molecule is Cc1ccc(C[n+]2c(O)[n+](C3CCCCC3)c(O)c3ccccc32)cc1. The fraction of sp³-hybridized carbons (Fsp3) is 0.364. The van der Waals surface area contributed by atoms with Crippen LogP contribution in [0.2, 0.25) is 0 Å². The van der Waals surface area contributed by atoms with E-state index in [0.29, 0.717) is 6.54 Å². The Morgan fingerprint density at radius 1 is 0.923 bits per heavy atom. The van der Waals surface area contributed by atoms with Crippen LogP contribution in [0, 0.1) is 6.92 Å². The van der Waals surface area contributed by atoms with Crippen LogP contribution in [0.15, 0.2) is 48.5 Å². The summed E-state index contributed by atoms with van der Waals surface area (Å²) in [7, 11) is 0. The molecule has 0 radical (unpaired) electrons. The quantitative estimate of drug-likeness (QED) is 0.708. The zero-order valence-electron chi connectivity index (χ0n) is 15.2. The van der Waals surface area contributed by atoms with E-state index in [0.717, 1.165) is 42.1 Å². The van der Waals surface area contributed by atoms with Gasteiger partial charge in [0.15, 0.2) is 18.0 Å². The Kier molecular flexibility index (Phi) is 4.49. The van der Waals surface area contributed by atoms with Crippen LogP contribution < -0.4 is 9.13 Å². The number of fused-ring (bicyclic) bond motifs is 1. The summed E-state index contributed by atoms with van der Waals surface area (Å²) >= 11 is 0. The second-order valence-corrected chi connectivity index (χ2v) is 7.37. The van der Waals surface area contributed by atoms with Gasteiger partial charge in [0.25, 0.3) is 0 Å². The van der Waals surface area contributed by atoms with E-state index < -0.39 is 0 Å². The first-order valence-electron chi connectivity index (χ1n) is 9.48. The summed E-state index contributed by atoms with van der Waals surface area (Å²) in [5.41, 5.74) is 3.19. The molecule has 1 heterocycles. The van der Waals surface area contributed by atoms with Gasteiger partial charge in [-0.05, 0) is 25.8 Å². The highest BCUT2D eigenvalue weighted by atomic mass is 16.3. The van der Waals surface area contributed by atoms with Crippen LogP contribution in [0.1, 0.15) is 49.3 Å². The van der Waals surface area contributed by atoms with Gasteiger partial charge in [0.05, 0.1) is 0 Å². The van der Waals surface area contributed by atoms with Crippen LogP contribution in [0.5, 0.6) is 11.9 Å². The van der Waals surface area contributed by atoms with Gasteiger partial charge in [-0.3, -0.25) is 0 Å². The molecular weight excluding hydrogens is 324 g/mol.